The quantitative estimate of drug-likeness (QED) is 0.540. The third-order valence-electron chi connectivity index (χ3n) is 4.81. The molecular formula is C23H20N4O2. The van der Waals surface area contributed by atoms with Crippen LogP contribution >= 0.6 is 0 Å². The number of anilines is 1. The summed E-state index contributed by atoms with van der Waals surface area (Å²) in [5.41, 5.74) is 8.41. The van der Waals surface area contributed by atoms with Crippen molar-refractivity contribution >= 4 is 16.6 Å². The molecule has 0 amide bonds. The van der Waals surface area contributed by atoms with E-state index >= 15 is 0 Å². The van der Waals surface area contributed by atoms with Gasteiger partial charge < -0.3 is 15.2 Å². The number of methoxy groups -OCH3 is 1. The first kappa shape index (κ1) is 18.4. The van der Waals surface area contributed by atoms with Gasteiger partial charge in [0, 0.05) is 0 Å². The fourth-order valence-electron chi connectivity index (χ4n) is 3.25. The van der Waals surface area contributed by atoms with Crippen LogP contribution in [0.25, 0.3) is 10.8 Å². The van der Waals surface area contributed by atoms with Crippen LogP contribution in [-0.4, -0.2) is 16.9 Å². The number of nitrogens with zero attached hydrogens (tertiary/aromatic N) is 3. The summed E-state index contributed by atoms with van der Waals surface area (Å²) in [6.07, 6.45) is 0. The molecule has 0 fully saturated rings. The highest BCUT2D eigenvalue weighted by atomic mass is 16.5. The van der Waals surface area contributed by atoms with Gasteiger partial charge in [-0.25, -0.2) is 4.68 Å². The van der Waals surface area contributed by atoms with Gasteiger partial charge in [0.2, 0.25) is 0 Å². The Kier molecular flexibility index (Phi) is 5.04. The van der Waals surface area contributed by atoms with E-state index in [1.54, 1.807) is 11.8 Å². The molecule has 0 saturated carbocycles. The molecule has 6 heteroatoms. The lowest BCUT2D eigenvalue weighted by atomic mass is 10.1. The van der Waals surface area contributed by atoms with Crippen molar-refractivity contribution in [2.24, 2.45) is 0 Å². The topological polar surface area (TPSA) is 86.1 Å². The SMILES string of the molecule is COc1ccc(Cn2nc(OCc3cccc4ccccc34)c(C#N)c2N)cc1. The van der Waals surface area contributed by atoms with Crippen LogP contribution in [-0.2, 0) is 13.2 Å². The molecule has 0 radical (unpaired) electrons. The molecule has 4 rings (SSSR count). The Bertz CT molecular complexity index is 1180. The van der Waals surface area contributed by atoms with Crippen LogP contribution in [0.3, 0.4) is 0 Å². The fraction of sp³-hybridized carbons (Fsp3) is 0.130. The average molecular weight is 384 g/mol. The third-order valence-corrected chi connectivity index (χ3v) is 4.81. The van der Waals surface area contributed by atoms with Gasteiger partial charge in [-0.05, 0) is 34.0 Å². The highest BCUT2D eigenvalue weighted by molar-refractivity contribution is 5.85. The highest BCUT2D eigenvalue weighted by Gasteiger charge is 2.17. The zero-order chi connectivity index (χ0) is 20.2. The lowest BCUT2D eigenvalue weighted by molar-refractivity contribution is 0.290. The summed E-state index contributed by atoms with van der Waals surface area (Å²) in [7, 11) is 1.62. The smallest absolute Gasteiger partial charge is 0.253 e. The Labute approximate surface area is 168 Å². The molecule has 6 nitrogen and oxygen atoms in total. The number of hydrogen-bond acceptors (Lipinski definition) is 5. The summed E-state index contributed by atoms with van der Waals surface area (Å²) in [6, 6.07) is 23.9. The van der Waals surface area contributed by atoms with Gasteiger partial charge in [0.15, 0.2) is 5.56 Å². The Balaban J connectivity index is 1.57. The Morgan fingerprint density at radius 2 is 1.79 bits per heavy atom. The monoisotopic (exact) mass is 384 g/mol. The number of aromatic nitrogens is 2. The standard InChI is InChI=1S/C23H20N4O2/c1-28-19-11-9-16(10-12-19)14-27-22(25)21(13-24)23(26-27)29-15-18-7-4-6-17-5-2-3-8-20(17)18/h2-12H,14-15,25H2,1H3. The molecule has 1 heterocycles. The summed E-state index contributed by atoms with van der Waals surface area (Å²) < 4.78 is 12.7. The maximum atomic E-state index is 9.54. The van der Waals surface area contributed by atoms with E-state index in [0.717, 1.165) is 27.6 Å². The fourth-order valence-corrected chi connectivity index (χ4v) is 3.25. The minimum Gasteiger partial charge on any atom is -0.497 e. The number of ether oxygens (including phenoxy) is 2. The first-order valence-corrected chi connectivity index (χ1v) is 9.18. The molecule has 0 atom stereocenters. The molecule has 0 saturated heterocycles. The Morgan fingerprint density at radius 3 is 2.55 bits per heavy atom. The second-order valence-corrected chi connectivity index (χ2v) is 6.61. The molecular weight excluding hydrogens is 364 g/mol. The van der Waals surface area contributed by atoms with E-state index in [0.29, 0.717) is 13.2 Å². The number of nitriles is 1. The van der Waals surface area contributed by atoms with Crippen molar-refractivity contribution in [2.45, 2.75) is 13.2 Å². The van der Waals surface area contributed by atoms with Crippen LogP contribution in [0.2, 0.25) is 0 Å². The van der Waals surface area contributed by atoms with E-state index in [-0.39, 0.29) is 17.3 Å². The zero-order valence-electron chi connectivity index (χ0n) is 16.0. The van der Waals surface area contributed by atoms with Crippen molar-refractivity contribution in [3.05, 3.63) is 83.4 Å². The summed E-state index contributed by atoms with van der Waals surface area (Å²) >= 11 is 0. The first-order chi connectivity index (χ1) is 14.2. The van der Waals surface area contributed by atoms with E-state index < -0.39 is 0 Å². The summed E-state index contributed by atoms with van der Waals surface area (Å²) in [6.45, 7) is 0.733. The van der Waals surface area contributed by atoms with Crippen LogP contribution < -0.4 is 15.2 Å². The molecule has 0 unspecified atom stereocenters. The first-order valence-electron chi connectivity index (χ1n) is 9.18. The molecule has 0 aliphatic rings. The van der Waals surface area contributed by atoms with Crippen molar-refractivity contribution < 1.29 is 9.47 Å². The van der Waals surface area contributed by atoms with Gasteiger partial charge in [-0.15, -0.1) is 5.10 Å². The van der Waals surface area contributed by atoms with E-state index in [9.17, 15) is 5.26 Å². The minimum absolute atomic E-state index is 0.242. The van der Waals surface area contributed by atoms with E-state index in [2.05, 4.69) is 29.4 Å². The molecule has 1 aromatic heterocycles. The molecule has 2 N–H and O–H groups in total. The minimum atomic E-state index is 0.242. The molecule has 3 aromatic carbocycles. The van der Waals surface area contributed by atoms with Gasteiger partial charge in [0.25, 0.3) is 5.88 Å². The molecule has 0 spiro atoms. The number of benzene rings is 3. The maximum absolute atomic E-state index is 9.54. The Hall–Kier alpha value is -3.98. The van der Waals surface area contributed by atoms with Crippen molar-refractivity contribution in [2.75, 3.05) is 12.8 Å². The molecule has 0 aliphatic carbocycles. The lowest BCUT2D eigenvalue weighted by Gasteiger charge is -2.07. The number of nitrogens with two attached hydrogens (primary N) is 1. The molecule has 4 aromatic rings. The van der Waals surface area contributed by atoms with Crippen LogP contribution in [0.15, 0.2) is 66.7 Å². The van der Waals surface area contributed by atoms with Crippen LogP contribution in [0, 0.1) is 11.3 Å². The molecule has 0 bridgehead atoms. The average Bonchev–Trinajstić information content (AvgIpc) is 3.07. The second kappa shape index (κ2) is 7.95. The van der Waals surface area contributed by atoms with Crippen LogP contribution in [0.5, 0.6) is 11.6 Å². The van der Waals surface area contributed by atoms with Crippen LogP contribution in [0.4, 0.5) is 5.82 Å². The van der Waals surface area contributed by atoms with Gasteiger partial charge in [-0.1, -0.05) is 54.6 Å². The largest absolute Gasteiger partial charge is 0.497 e. The van der Waals surface area contributed by atoms with Crippen molar-refractivity contribution in [3.63, 3.8) is 0 Å². The molecule has 144 valence electrons. The Morgan fingerprint density at radius 1 is 1.03 bits per heavy atom. The van der Waals surface area contributed by atoms with Crippen LogP contribution in [0.1, 0.15) is 16.7 Å². The summed E-state index contributed by atoms with van der Waals surface area (Å²) in [4.78, 5) is 0. The summed E-state index contributed by atoms with van der Waals surface area (Å²) in [5.74, 6) is 1.31. The second-order valence-electron chi connectivity index (χ2n) is 6.61. The maximum Gasteiger partial charge on any atom is 0.253 e. The van der Waals surface area contributed by atoms with Gasteiger partial charge in [-0.3, -0.25) is 0 Å². The normalized spacial score (nSPS) is 10.6. The predicted molar refractivity (Wildman–Crippen MR) is 112 cm³/mol. The van der Waals surface area contributed by atoms with E-state index in [1.165, 1.54) is 0 Å². The zero-order valence-corrected chi connectivity index (χ0v) is 16.0. The summed E-state index contributed by atoms with van der Waals surface area (Å²) in [5, 5.41) is 16.2. The number of fused-ring (bicyclic) bond motifs is 1. The van der Waals surface area contributed by atoms with Gasteiger partial charge in [0.1, 0.15) is 24.2 Å². The highest BCUT2D eigenvalue weighted by Crippen LogP contribution is 2.26. The number of hydrogen-bond donors (Lipinski definition) is 1. The van der Waals surface area contributed by atoms with Gasteiger partial charge in [0.05, 0.1) is 13.7 Å². The number of nitrogen functional groups attached to an aromatic ring is 1. The molecule has 0 aliphatic heterocycles. The lowest BCUT2D eigenvalue weighted by Crippen LogP contribution is -2.06. The van der Waals surface area contributed by atoms with Gasteiger partial charge >= 0.3 is 0 Å². The van der Waals surface area contributed by atoms with Gasteiger partial charge in [-0.2, -0.15) is 5.26 Å². The van der Waals surface area contributed by atoms with E-state index in [1.807, 2.05) is 48.5 Å². The number of rotatable bonds is 6. The molecule has 29 heavy (non-hydrogen) atoms. The van der Waals surface area contributed by atoms with Crippen molar-refractivity contribution in [1.29, 1.82) is 5.26 Å². The third kappa shape index (κ3) is 3.71. The van der Waals surface area contributed by atoms with Crippen molar-refractivity contribution in [3.8, 4) is 17.7 Å². The van der Waals surface area contributed by atoms with Crippen molar-refractivity contribution in [1.82, 2.24) is 9.78 Å². The predicted octanol–water partition coefficient (Wildman–Crippen LogP) is 4.13. The van der Waals surface area contributed by atoms with E-state index in [4.69, 9.17) is 15.2 Å².